The lowest BCUT2D eigenvalue weighted by Gasteiger charge is -2.11. The number of para-hydroxylation sites is 1. The highest BCUT2D eigenvalue weighted by molar-refractivity contribution is 9.10. The van der Waals surface area contributed by atoms with Crippen LogP contribution >= 0.6 is 15.9 Å². The van der Waals surface area contributed by atoms with E-state index in [9.17, 15) is 13.2 Å². The Hall–Kier alpha value is -2.53. The van der Waals surface area contributed by atoms with Gasteiger partial charge in [-0.2, -0.15) is 13.2 Å². The molecule has 130 valence electrons. The summed E-state index contributed by atoms with van der Waals surface area (Å²) in [6.45, 7) is 0. The largest absolute Gasteiger partial charge is 0.416 e. The van der Waals surface area contributed by atoms with Crippen molar-refractivity contribution < 1.29 is 13.2 Å². The Bertz CT molecular complexity index is 1100. The molecule has 0 unspecified atom stereocenters. The van der Waals surface area contributed by atoms with Crippen molar-refractivity contribution in [1.82, 2.24) is 4.98 Å². The molecule has 5 heteroatoms. The van der Waals surface area contributed by atoms with Crippen LogP contribution in [0.5, 0.6) is 0 Å². The number of halogens is 4. The quantitative estimate of drug-likeness (QED) is 0.353. The molecule has 0 aliphatic heterocycles. The smallest absolute Gasteiger partial charge is 0.354 e. The van der Waals surface area contributed by atoms with Crippen molar-refractivity contribution in [2.75, 3.05) is 0 Å². The summed E-state index contributed by atoms with van der Waals surface area (Å²) < 4.78 is 40.5. The first-order valence-corrected chi connectivity index (χ1v) is 8.77. The van der Waals surface area contributed by atoms with E-state index in [-0.39, 0.29) is 0 Å². The molecule has 0 saturated carbocycles. The first-order chi connectivity index (χ1) is 12.4. The third-order valence-electron chi connectivity index (χ3n) is 4.33. The Morgan fingerprint density at radius 1 is 0.808 bits per heavy atom. The summed E-state index contributed by atoms with van der Waals surface area (Å²) in [5.41, 5.74) is 3.21. The second-order valence-corrected chi connectivity index (χ2v) is 6.83. The van der Waals surface area contributed by atoms with Crippen LogP contribution in [0, 0.1) is 0 Å². The molecule has 4 rings (SSSR count). The number of H-pyrrole nitrogens is 1. The van der Waals surface area contributed by atoms with E-state index in [0.29, 0.717) is 5.56 Å². The fourth-order valence-electron chi connectivity index (χ4n) is 3.16. The molecule has 0 bridgehead atoms. The lowest BCUT2D eigenvalue weighted by Crippen LogP contribution is -2.04. The summed E-state index contributed by atoms with van der Waals surface area (Å²) in [6, 6.07) is 20.7. The van der Waals surface area contributed by atoms with E-state index in [1.165, 1.54) is 12.1 Å². The maximum absolute atomic E-state index is 13.2. The van der Waals surface area contributed by atoms with Gasteiger partial charge in [-0.15, -0.1) is 0 Å². The average Bonchev–Trinajstić information content (AvgIpc) is 3.01. The minimum Gasteiger partial charge on any atom is -0.354 e. The summed E-state index contributed by atoms with van der Waals surface area (Å²) in [5.74, 6) is 0. The van der Waals surface area contributed by atoms with Gasteiger partial charge in [-0.25, -0.2) is 0 Å². The van der Waals surface area contributed by atoms with Crippen molar-refractivity contribution in [3.63, 3.8) is 0 Å². The van der Waals surface area contributed by atoms with Gasteiger partial charge >= 0.3 is 6.18 Å². The van der Waals surface area contributed by atoms with Gasteiger partial charge in [0.15, 0.2) is 0 Å². The Morgan fingerprint density at radius 3 is 2.31 bits per heavy atom. The van der Waals surface area contributed by atoms with Crippen LogP contribution in [0.3, 0.4) is 0 Å². The van der Waals surface area contributed by atoms with Crippen molar-refractivity contribution in [1.29, 1.82) is 0 Å². The highest BCUT2D eigenvalue weighted by Gasteiger charge is 2.31. The zero-order valence-electron chi connectivity index (χ0n) is 13.4. The van der Waals surface area contributed by atoms with E-state index in [2.05, 4.69) is 20.9 Å². The Kier molecular flexibility index (Phi) is 4.11. The molecular formula is C21H13BrF3N. The maximum Gasteiger partial charge on any atom is 0.416 e. The van der Waals surface area contributed by atoms with Crippen molar-refractivity contribution in [3.8, 4) is 22.4 Å². The first kappa shape index (κ1) is 16.9. The molecule has 0 amide bonds. The number of fused-ring (bicyclic) bond motifs is 1. The molecule has 1 aromatic heterocycles. The van der Waals surface area contributed by atoms with Gasteiger partial charge in [0.25, 0.3) is 0 Å². The van der Waals surface area contributed by atoms with Gasteiger partial charge in [-0.05, 0) is 29.8 Å². The Morgan fingerprint density at radius 2 is 1.54 bits per heavy atom. The summed E-state index contributed by atoms with van der Waals surface area (Å²) in [5, 5.41) is 0.887. The van der Waals surface area contributed by atoms with Crippen molar-refractivity contribution >= 4 is 26.8 Å². The highest BCUT2D eigenvalue weighted by atomic mass is 79.9. The summed E-state index contributed by atoms with van der Waals surface area (Å²) in [6.07, 6.45) is -4.38. The predicted molar refractivity (Wildman–Crippen MR) is 102 cm³/mol. The topological polar surface area (TPSA) is 15.8 Å². The molecule has 1 nitrogen and oxygen atoms in total. The molecule has 3 aromatic carbocycles. The van der Waals surface area contributed by atoms with Crippen LogP contribution in [-0.2, 0) is 6.18 Å². The molecule has 0 saturated heterocycles. The zero-order valence-corrected chi connectivity index (χ0v) is 15.0. The number of aromatic nitrogens is 1. The van der Waals surface area contributed by atoms with E-state index < -0.39 is 11.7 Å². The van der Waals surface area contributed by atoms with Gasteiger partial charge in [0.1, 0.15) is 0 Å². The van der Waals surface area contributed by atoms with Gasteiger partial charge in [0.05, 0.1) is 11.3 Å². The van der Waals surface area contributed by atoms with E-state index in [0.717, 1.165) is 38.3 Å². The van der Waals surface area contributed by atoms with Crippen molar-refractivity contribution in [2.24, 2.45) is 0 Å². The second-order valence-electron chi connectivity index (χ2n) is 5.98. The van der Waals surface area contributed by atoms with Crippen LogP contribution in [0.15, 0.2) is 77.3 Å². The van der Waals surface area contributed by atoms with Crippen LogP contribution in [-0.4, -0.2) is 4.98 Å². The van der Waals surface area contributed by atoms with Crippen LogP contribution in [0.4, 0.5) is 13.2 Å². The summed E-state index contributed by atoms with van der Waals surface area (Å²) >= 11 is 3.54. The van der Waals surface area contributed by atoms with Crippen LogP contribution in [0.25, 0.3) is 33.3 Å². The maximum atomic E-state index is 13.2. The molecule has 0 fully saturated rings. The second kappa shape index (κ2) is 6.32. The lowest BCUT2D eigenvalue weighted by atomic mass is 9.97. The minimum atomic E-state index is -4.38. The molecule has 0 atom stereocenters. The lowest BCUT2D eigenvalue weighted by molar-refractivity contribution is -0.137. The molecule has 0 spiro atoms. The molecule has 4 aromatic rings. The standard InChI is InChI=1S/C21H13BrF3N/c22-17-10-3-1-8-15(17)20-19(16-9-2-4-11-18(16)26-20)13-6-5-7-14(12-13)21(23,24)25/h1-12,26H. The number of rotatable bonds is 2. The number of alkyl halides is 3. The van der Waals surface area contributed by atoms with Crippen LogP contribution < -0.4 is 0 Å². The fraction of sp³-hybridized carbons (Fsp3) is 0.0476. The molecule has 1 N–H and O–H groups in total. The normalized spacial score (nSPS) is 11.8. The van der Waals surface area contributed by atoms with Crippen molar-refractivity contribution in [2.45, 2.75) is 6.18 Å². The molecule has 0 radical (unpaired) electrons. The first-order valence-electron chi connectivity index (χ1n) is 7.98. The number of benzene rings is 3. The Balaban J connectivity index is 2.04. The zero-order chi connectivity index (χ0) is 18.3. The van der Waals surface area contributed by atoms with E-state index in [4.69, 9.17) is 0 Å². The average molecular weight is 416 g/mol. The van der Waals surface area contributed by atoms with Gasteiger partial charge in [-0.3, -0.25) is 0 Å². The molecule has 26 heavy (non-hydrogen) atoms. The number of hydrogen-bond donors (Lipinski definition) is 1. The van der Waals surface area contributed by atoms with Crippen LogP contribution in [0.2, 0.25) is 0 Å². The Labute approximate surface area is 156 Å². The van der Waals surface area contributed by atoms with Gasteiger partial charge < -0.3 is 4.98 Å². The van der Waals surface area contributed by atoms with Gasteiger partial charge in [0.2, 0.25) is 0 Å². The highest BCUT2D eigenvalue weighted by Crippen LogP contribution is 2.42. The molecule has 0 aliphatic carbocycles. The van der Waals surface area contributed by atoms with Crippen LogP contribution in [0.1, 0.15) is 5.56 Å². The summed E-state index contributed by atoms with van der Waals surface area (Å²) in [4.78, 5) is 3.37. The van der Waals surface area contributed by atoms with E-state index in [1.54, 1.807) is 6.07 Å². The predicted octanol–water partition coefficient (Wildman–Crippen LogP) is 7.28. The summed E-state index contributed by atoms with van der Waals surface area (Å²) in [7, 11) is 0. The minimum absolute atomic E-state index is 0.531. The van der Waals surface area contributed by atoms with Gasteiger partial charge in [-0.1, -0.05) is 64.5 Å². The van der Waals surface area contributed by atoms with Gasteiger partial charge in [0, 0.05) is 26.5 Å². The molecule has 1 heterocycles. The number of hydrogen-bond acceptors (Lipinski definition) is 0. The fourth-order valence-corrected chi connectivity index (χ4v) is 3.64. The number of aromatic amines is 1. The molecular weight excluding hydrogens is 403 g/mol. The third-order valence-corrected chi connectivity index (χ3v) is 5.02. The number of nitrogens with one attached hydrogen (secondary N) is 1. The SMILES string of the molecule is FC(F)(F)c1cccc(-c2c(-c3ccccc3Br)[nH]c3ccccc23)c1. The van der Waals surface area contributed by atoms with E-state index in [1.807, 2.05) is 48.5 Å². The van der Waals surface area contributed by atoms with Crippen molar-refractivity contribution in [3.05, 3.63) is 82.8 Å². The molecule has 0 aliphatic rings. The van der Waals surface area contributed by atoms with E-state index >= 15 is 0 Å². The third kappa shape index (κ3) is 2.92. The monoisotopic (exact) mass is 415 g/mol.